The zero-order valence-electron chi connectivity index (χ0n) is 10.2. The van der Waals surface area contributed by atoms with Gasteiger partial charge in [0.25, 0.3) is 0 Å². The third-order valence-electron chi connectivity index (χ3n) is 2.85. The van der Waals surface area contributed by atoms with Crippen LogP contribution in [0.25, 0.3) is 0 Å². The van der Waals surface area contributed by atoms with E-state index in [1.807, 2.05) is 11.8 Å². The van der Waals surface area contributed by atoms with Gasteiger partial charge in [-0.05, 0) is 6.92 Å². The highest BCUT2D eigenvalue weighted by molar-refractivity contribution is 5.15. The average Bonchev–Trinajstić information content (AvgIpc) is 2.33. The van der Waals surface area contributed by atoms with E-state index in [9.17, 15) is 4.79 Å². The first-order chi connectivity index (χ1) is 8.58. The number of nitrogens with zero attached hydrogens (tertiary/aromatic N) is 1. The third-order valence-corrected chi connectivity index (χ3v) is 2.85. The Bertz CT molecular complexity index is 458. The van der Waals surface area contributed by atoms with E-state index in [1.165, 1.54) is 6.07 Å². The van der Waals surface area contributed by atoms with Crippen molar-refractivity contribution in [1.29, 1.82) is 0 Å². The van der Waals surface area contributed by atoms with E-state index < -0.39 is 5.43 Å². The SMILES string of the molecule is CC1CN(Cc2cc(=O)c(O)co2)CC(CO)O1. The fourth-order valence-electron chi connectivity index (χ4n) is 2.12. The Hall–Kier alpha value is -1.37. The third kappa shape index (κ3) is 3.10. The first kappa shape index (κ1) is 13.1. The molecule has 0 radical (unpaired) electrons. The molecule has 0 aliphatic carbocycles. The summed E-state index contributed by atoms with van der Waals surface area (Å²) in [5.74, 6) is 0.103. The molecule has 1 aromatic heterocycles. The van der Waals surface area contributed by atoms with Crippen molar-refractivity contribution in [2.45, 2.75) is 25.7 Å². The van der Waals surface area contributed by atoms with Crippen LogP contribution < -0.4 is 5.43 Å². The van der Waals surface area contributed by atoms with Crippen LogP contribution in [0.3, 0.4) is 0 Å². The van der Waals surface area contributed by atoms with Crippen LogP contribution in [0.4, 0.5) is 0 Å². The van der Waals surface area contributed by atoms with Crippen LogP contribution in [-0.4, -0.2) is 47.0 Å². The number of aromatic hydroxyl groups is 1. The zero-order valence-corrected chi connectivity index (χ0v) is 10.2. The van der Waals surface area contributed by atoms with E-state index in [4.69, 9.17) is 19.4 Å². The molecule has 2 atom stereocenters. The zero-order chi connectivity index (χ0) is 13.1. The summed E-state index contributed by atoms with van der Waals surface area (Å²) in [5, 5.41) is 18.2. The van der Waals surface area contributed by atoms with Crippen LogP contribution in [-0.2, 0) is 11.3 Å². The van der Waals surface area contributed by atoms with Gasteiger partial charge in [-0.15, -0.1) is 0 Å². The summed E-state index contributed by atoms with van der Waals surface area (Å²) in [4.78, 5) is 13.3. The largest absolute Gasteiger partial charge is 0.502 e. The molecule has 18 heavy (non-hydrogen) atoms. The predicted molar refractivity (Wildman–Crippen MR) is 63.3 cm³/mol. The van der Waals surface area contributed by atoms with Gasteiger partial charge >= 0.3 is 0 Å². The minimum Gasteiger partial charge on any atom is -0.502 e. The van der Waals surface area contributed by atoms with Crippen LogP contribution >= 0.6 is 0 Å². The predicted octanol–water partition coefficient (Wildman–Crippen LogP) is -0.0730. The summed E-state index contributed by atoms with van der Waals surface area (Å²) >= 11 is 0. The Morgan fingerprint density at radius 2 is 2.28 bits per heavy atom. The number of hydrogen-bond donors (Lipinski definition) is 2. The molecule has 1 aliphatic rings. The molecule has 0 spiro atoms. The molecule has 1 saturated heterocycles. The maximum absolute atomic E-state index is 11.3. The highest BCUT2D eigenvalue weighted by atomic mass is 16.5. The first-order valence-electron chi connectivity index (χ1n) is 5.88. The average molecular weight is 255 g/mol. The Balaban J connectivity index is 2.04. The van der Waals surface area contributed by atoms with Crippen molar-refractivity contribution in [2.75, 3.05) is 19.7 Å². The number of morpholine rings is 1. The Morgan fingerprint density at radius 3 is 2.94 bits per heavy atom. The Morgan fingerprint density at radius 1 is 1.50 bits per heavy atom. The Labute approximate surface area is 104 Å². The first-order valence-corrected chi connectivity index (χ1v) is 5.88. The summed E-state index contributed by atoms with van der Waals surface area (Å²) < 4.78 is 10.7. The van der Waals surface area contributed by atoms with Gasteiger partial charge in [0.05, 0.1) is 25.4 Å². The fraction of sp³-hybridized carbons (Fsp3) is 0.583. The summed E-state index contributed by atoms with van der Waals surface area (Å²) in [6.07, 6.45) is 0.864. The van der Waals surface area contributed by atoms with E-state index in [0.29, 0.717) is 25.4 Å². The topological polar surface area (TPSA) is 83.1 Å². The van der Waals surface area contributed by atoms with Crippen molar-refractivity contribution >= 4 is 0 Å². The van der Waals surface area contributed by atoms with Crippen LogP contribution in [0.5, 0.6) is 5.75 Å². The van der Waals surface area contributed by atoms with Crippen LogP contribution in [0, 0.1) is 0 Å². The highest BCUT2D eigenvalue weighted by Gasteiger charge is 2.25. The van der Waals surface area contributed by atoms with Gasteiger partial charge in [0, 0.05) is 19.2 Å². The summed E-state index contributed by atoms with van der Waals surface area (Å²) in [6, 6.07) is 1.28. The second-order valence-corrected chi connectivity index (χ2v) is 4.54. The number of aliphatic hydroxyl groups excluding tert-OH is 1. The highest BCUT2D eigenvalue weighted by Crippen LogP contribution is 2.14. The molecule has 0 amide bonds. The summed E-state index contributed by atoms with van der Waals surface area (Å²) in [5.41, 5.74) is -0.448. The van der Waals surface area contributed by atoms with E-state index in [-0.39, 0.29) is 24.6 Å². The standard InChI is InChI=1S/C12H17NO5/c1-8-3-13(5-10(6-14)18-8)4-9-2-11(15)12(16)7-17-9/h2,7-8,10,14,16H,3-6H2,1H3. The monoisotopic (exact) mass is 255 g/mol. The van der Waals surface area contributed by atoms with Gasteiger partial charge in [-0.2, -0.15) is 0 Å². The summed E-state index contributed by atoms with van der Waals surface area (Å²) in [7, 11) is 0. The molecule has 6 heteroatoms. The molecule has 0 bridgehead atoms. The van der Waals surface area contributed by atoms with Crippen LogP contribution in [0.2, 0.25) is 0 Å². The Kier molecular flexibility index (Phi) is 4.00. The molecule has 6 nitrogen and oxygen atoms in total. The van der Waals surface area contributed by atoms with Gasteiger partial charge in [-0.25, -0.2) is 0 Å². The van der Waals surface area contributed by atoms with Gasteiger partial charge < -0.3 is 19.4 Å². The van der Waals surface area contributed by atoms with Crippen molar-refractivity contribution in [1.82, 2.24) is 4.90 Å². The number of hydrogen-bond acceptors (Lipinski definition) is 6. The molecule has 2 rings (SSSR count). The maximum Gasteiger partial charge on any atom is 0.226 e. The molecule has 2 heterocycles. The molecule has 1 aromatic rings. The second kappa shape index (κ2) is 5.51. The van der Waals surface area contributed by atoms with Gasteiger partial charge in [-0.1, -0.05) is 0 Å². The number of ether oxygens (including phenoxy) is 1. The lowest BCUT2D eigenvalue weighted by atomic mass is 10.2. The molecular weight excluding hydrogens is 238 g/mol. The molecule has 100 valence electrons. The van der Waals surface area contributed by atoms with E-state index in [1.54, 1.807) is 0 Å². The van der Waals surface area contributed by atoms with Gasteiger partial charge in [0.15, 0.2) is 5.75 Å². The number of aliphatic hydroxyl groups is 1. The number of rotatable bonds is 3. The normalized spacial score (nSPS) is 25.2. The lowest BCUT2D eigenvalue weighted by Gasteiger charge is -2.35. The smallest absolute Gasteiger partial charge is 0.226 e. The van der Waals surface area contributed by atoms with Gasteiger partial charge in [0.1, 0.15) is 12.0 Å². The lowest BCUT2D eigenvalue weighted by molar-refractivity contribution is -0.0984. The summed E-state index contributed by atoms with van der Waals surface area (Å²) in [6.45, 7) is 3.66. The lowest BCUT2D eigenvalue weighted by Crippen LogP contribution is -2.47. The minimum absolute atomic E-state index is 0.0274. The van der Waals surface area contributed by atoms with Gasteiger partial charge in [-0.3, -0.25) is 9.69 Å². The van der Waals surface area contributed by atoms with Crippen molar-refractivity contribution in [3.63, 3.8) is 0 Å². The van der Waals surface area contributed by atoms with Crippen LogP contribution in [0.1, 0.15) is 12.7 Å². The van der Waals surface area contributed by atoms with Crippen LogP contribution in [0.15, 0.2) is 21.5 Å². The van der Waals surface area contributed by atoms with E-state index in [0.717, 1.165) is 6.26 Å². The maximum atomic E-state index is 11.3. The van der Waals surface area contributed by atoms with Crippen molar-refractivity contribution < 1.29 is 19.4 Å². The molecule has 1 fully saturated rings. The van der Waals surface area contributed by atoms with E-state index >= 15 is 0 Å². The molecule has 0 saturated carbocycles. The molecule has 1 aliphatic heterocycles. The van der Waals surface area contributed by atoms with Gasteiger partial charge in [0.2, 0.25) is 5.43 Å². The molecular formula is C12H17NO5. The quantitative estimate of drug-likeness (QED) is 0.786. The molecule has 2 N–H and O–H groups in total. The minimum atomic E-state index is -0.448. The van der Waals surface area contributed by atoms with Crippen molar-refractivity contribution in [3.05, 3.63) is 28.3 Å². The van der Waals surface area contributed by atoms with Crippen molar-refractivity contribution in [3.8, 4) is 5.75 Å². The molecule has 2 unspecified atom stereocenters. The van der Waals surface area contributed by atoms with E-state index in [2.05, 4.69) is 0 Å². The molecule has 0 aromatic carbocycles. The second-order valence-electron chi connectivity index (χ2n) is 4.54. The van der Waals surface area contributed by atoms with Crippen molar-refractivity contribution in [2.24, 2.45) is 0 Å². The fourth-order valence-corrected chi connectivity index (χ4v) is 2.12.